The summed E-state index contributed by atoms with van der Waals surface area (Å²) in [6, 6.07) is 3.27. The monoisotopic (exact) mass is 370 g/mol. The lowest BCUT2D eigenvalue weighted by Gasteiger charge is -2.24. The summed E-state index contributed by atoms with van der Waals surface area (Å²) in [5.74, 6) is 0. The molecule has 0 aromatic heterocycles. The smallest absolute Gasteiger partial charge is 0.321 e. The van der Waals surface area contributed by atoms with Crippen LogP contribution >= 0.6 is 0 Å². The molecule has 0 radical (unpaired) electrons. The quantitative estimate of drug-likeness (QED) is 0.299. The molecule has 0 aliphatic rings. The molecule has 148 valence electrons. The van der Waals surface area contributed by atoms with Gasteiger partial charge in [0.2, 0.25) is 0 Å². The highest BCUT2D eigenvalue weighted by atomic mass is 16.8. The van der Waals surface area contributed by atoms with E-state index in [1.807, 2.05) is 0 Å². The highest BCUT2D eigenvalue weighted by molar-refractivity contribution is 5.90. The van der Waals surface area contributed by atoms with Gasteiger partial charge in [0.1, 0.15) is 0 Å². The summed E-state index contributed by atoms with van der Waals surface area (Å²) in [5, 5.41) is 40.8. The van der Waals surface area contributed by atoms with E-state index >= 15 is 0 Å². The number of hydrogen-bond donors (Lipinski definition) is 5. The van der Waals surface area contributed by atoms with Gasteiger partial charge in [-0.2, -0.15) is 10.5 Å². The second-order valence-electron chi connectivity index (χ2n) is 6.24. The summed E-state index contributed by atoms with van der Waals surface area (Å²) in [7, 11) is 0. The maximum absolute atomic E-state index is 12.6. The van der Waals surface area contributed by atoms with Crippen molar-refractivity contribution >= 4 is 23.1 Å². The molecule has 0 aliphatic carbocycles. The minimum absolute atomic E-state index is 0.170. The number of benzene rings is 1. The summed E-state index contributed by atoms with van der Waals surface area (Å²) < 4.78 is 0. The van der Waals surface area contributed by atoms with E-state index in [0.29, 0.717) is 13.1 Å². The Balaban J connectivity index is 2.88. The fraction of sp³-hybridized carbons (Fsp3) is 0.588. The number of quaternary nitrogens is 2. The molecule has 0 aliphatic heterocycles. The van der Waals surface area contributed by atoms with E-state index in [0.717, 1.165) is 44.6 Å². The van der Waals surface area contributed by atoms with Gasteiger partial charge < -0.3 is 20.6 Å². The lowest BCUT2D eigenvalue weighted by atomic mass is 10.2. The second kappa shape index (κ2) is 11.8. The molecular weight excluding hydrogens is 340 g/mol. The first kappa shape index (κ1) is 22.3. The Hall–Kier alpha value is -1.75. The van der Waals surface area contributed by atoms with E-state index < -0.39 is 10.5 Å². The lowest BCUT2D eigenvalue weighted by Crippen LogP contribution is -3.00. The zero-order valence-electron chi connectivity index (χ0n) is 15.5. The van der Waals surface area contributed by atoms with Gasteiger partial charge in [-0.25, -0.2) is 15.2 Å². The van der Waals surface area contributed by atoms with E-state index in [-0.39, 0.29) is 23.1 Å². The van der Waals surface area contributed by atoms with E-state index in [9.17, 15) is 15.2 Å². The predicted molar refractivity (Wildman–Crippen MR) is 97.6 cm³/mol. The van der Waals surface area contributed by atoms with Crippen LogP contribution in [0.25, 0.3) is 0 Å². The average Bonchev–Trinajstić information content (AvgIpc) is 2.60. The number of nitrogens with zero attached hydrogens (tertiary/aromatic N) is 1. The molecule has 9 heteroatoms. The van der Waals surface area contributed by atoms with Crippen LogP contribution in [0.5, 0.6) is 0 Å². The maximum Gasteiger partial charge on any atom is 0.321 e. The van der Waals surface area contributed by atoms with E-state index in [1.165, 1.54) is 12.1 Å². The normalized spacial score (nSPS) is 13.3. The van der Waals surface area contributed by atoms with Gasteiger partial charge in [0, 0.05) is 25.2 Å². The molecule has 26 heavy (non-hydrogen) atoms. The summed E-state index contributed by atoms with van der Waals surface area (Å²) in [4.78, 5) is 14.3. The SMILES string of the molecule is CCCCCN(CCCCC)C(=O)Nc1cc([NH+]([O-])O)cc([NH+]([O-])O)c1. The van der Waals surface area contributed by atoms with Gasteiger partial charge in [-0.15, -0.1) is 0 Å². The molecule has 2 unspecified atom stereocenters. The Morgan fingerprint density at radius 2 is 1.42 bits per heavy atom. The zero-order valence-corrected chi connectivity index (χ0v) is 15.5. The van der Waals surface area contributed by atoms with Gasteiger partial charge in [-0.3, -0.25) is 0 Å². The van der Waals surface area contributed by atoms with E-state index in [1.54, 1.807) is 4.90 Å². The van der Waals surface area contributed by atoms with Gasteiger partial charge in [-0.1, -0.05) is 39.5 Å². The number of amides is 2. The first-order valence-electron chi connectivity index (χ1n) is 9.06. The number of carbonyl (C=O) groups excluding carboxylic acids is 1. The molecule has 1 rings (SSSR count). The van der Waals surface area contributed by atoms with Gasteiger partial charge in [0.15, 0.2) is 11.4 Å². The van der Waals surface area contributed by atoms with Crippen molar-refractivity contribution in [3.8, 4) is 0 Å². The molecule has 5 N–H and O–H groups in total. The molecule has 1 aromatic carbocycles. The van der Waals surface area contributed by atoms with Crippen LogP contribution in [0.2, 0.25) is 0 Å². The number of anilines is 1. The van der Waals surface area contributed by atoms with Crippen LogP contribution in [0, 0.1) is 10.4 Å². The van der Waals surface area contributed by atoms with Crippen molar-refractivity contribution in [1.82, 2.24) is 4.90 Å². The molecule has 0 fully saturated rings. The van der Waals surface area contributed by atoms with Gasteiger partial charge in [0.05, 0.1) is 11.8 Å². The van der Waals surface area contributed by atoms with Crippen LogP contribution < -0.4 is 15.8 Å². The van der Waals surface area contributed by atoms with Gasteiger partial charge in [0.25, 0.3) is 0 Å². The summed E-state index contributed by atoms with van der Waals surface area (Å²) >= 11 is 0. The standard InChI is InChI=1S/C17H30N4O5/c1-3-5-7-9-19(10-8-6-4-2)17(22)18-14-11-15(20(23)24)13-16(12-14)21(25)26/h11-13,20-21,23,25H,3-10H2,1-2H3,(H,18,22). The Morgan fingerprint density at radius 1 is 0.962 bits per heavy atom. The average molecular weight is 370 g/mol. The van der Waals surface area contributed by atoms with Crippen LogP contribution in [0.3, 0.4) is 0 Å². The van der Waals surface area contributed by atoms with Gasteiger partial charge in [-0.05, 0) is 12.8 Å². The molecule has 0 saturated carbocycles. The summed E-state index contributed by atoms with van der Waals surface area (Å²) in [5.41, 5.74) is -0.185. The lowest BCUT2D eigenvalue weighted by molar-refractivity contribution is -0.996. The first-order chi connectivity index (χ1) is 12.4. The van der Waals surface area contributed by atoms with Crippen molar-refractivity contribution in [3.63, 3.8) is 0 Å². The van der Waals surface area contributed by atoms with E-state index in [4.69, 9.17) is 10.4 Å². The summed E-state index contributed by atoms with van der Waals surface area (Å²) in [6.07, 6.45) is 5.93. The van der Waals surface area contributed by atoms with Crippen molar-refractivity contribution in [2.75, 3.05) is 18.4 Å². The number of carbonyl (C=O) groups is 1. The molecular formula is C17H30N4O5. The van der Waals surface area contributed by atoms with Crippen molar-refractivity contribution in [3.05, 3.63) is 28.6 Å². The topological polar surface area (TPSA) is 128 Å². The number of hydrogen-bond acceptors (Lipinski definition) is 5. The third-order valence-electron chi connectivity index (χ3n) is 4.03. The molecule has 0 saturated heterocycles. The first-order valence-corrected chi connectivity index (χ1v) is 9.06. The fourth-order valence-electron chi connectivity index (χ4n) is 2.57. The molecule has 2 atom stereocenters. The van der Waals surface area contributed by atoms with Crippen LogP contribution in [0.15, 0.2) is 18.2 Å². The third kappa shape index (κ3) is 7.65. The Labute approximate surface area is 153 Å². The van der Waals surface area contributed by atoms with Crippen molar-refractivity contribution in [2.24, 2.45) is 0 Å². The van der Waals surface area contributed by atoms with E-state index in [2.05, 4.69) is 19.2 Å². The molecule has 1 aromatic rings. The van der Waals surface area contributed by atoms with Crippen LogP contribution in [0.1, 0.15) is 52.4 Å². The molecule has 0 spiro atoms. The largest absolute Gasteiger partial charge is 0.595 e. The molecule has 9 nitrogen and oxygen atoms in total. The molecule has 0 heterocycles. The van der Waals surface area contributed by atoms with Crippen molar-refractivity contribution < 1.29 is 25.7 Å². The number of urea groups is 1. The van der Waals surface area contributed by atoms with Crippen molar-refractivity contribution in [1.29, 1.82) is 0 Å². The predicted octanol–water partition coefficient (Wildman–Crippen LogP) is 1.71. The second-order valence-corrected chi connectivity index (χ2v) is 6.24. The van der Waals surface area contributed by atoms with Crippen LogP contribution in [-0.2, 0) is 0 Å². The maximum atomic E-state index is 12.6. The fourth-order valence-corrected chi connectivity index (χ4v) is 2.57. The number of unbranched alkanes of at least 4 members (excludes halogenated alkanes) is 4. The Kier molecular flexibility index (Phi) is 10.1. The van der Waals surface area contributed by atoms with Crippen LogP contribution in [0.4, 0.5) is 21.9 Å². The molecule has 2 amide bonds. The molecule has 0 bridgehead atoms. The van der Waals surface area contributed by atoms with Crippen LogP contribution in [-0.4, -0.2) is 34.4 Å². The van der Waals surface area contributed by atoms with Gasteiger partial charge >= 0.3 is 6.03 Å². The van der Waals surface area contributed by atoms with Crippen molar-refractivity contribution in [2.45, 2.75) is 52.4 Å². The minimum Gasteiger partial charge on any atom is -0.595 e. The Morgan fingerprint density at radius 3 is 1.81 bits per heavy atom. The Bertz CT molecular complexity index is 518. The number of rotatable bonds is 11. The highest BCUT2D eigenvalue weighted by Gasteiger charge is 2.16. The zero-order chi connectivity index (χ0) is 19.5. The summed E-state index contributed by atoms with van der Waals surface area (Å²) in [6.45, 7) is 5.42. The minimum atomic E-state index is -1.24. The highest BCUT2D eigenvalue weighted by Crippen LogP contribution is 2.18. The number of nitrogens with one attached hydrogen (secondary N) is 3. The third-order valence-corrected chi connectivity index (χ3v) is 4.03.